The largest absolute Gasteiger partial charge is 0.481 e. The van der Waals surface area contributed by atoms with Gasteiger partial charge in [-0.2, -0.15) is 0 Å². The lowest BCUT2D eigenvalue weighted by molar-refractivity contribution is -0.163. The first-order valence-corrected chi connectivity index (χ1v) is 14.1. The predicted octanol–water partition coefficient (Wildman–Crippen LogP) is 3.28. The molecule has 0 radical (unpaired) electrons. The molecule has 1 aliphatic heterocycles. The third kappa shape index (κ3) is 6.16. The summed E-state index contributed by atoms with van der Waals surface area (Å²) in [6, 6.07) is 2.75. The fraction of sp³-hybridized carbons (Fsp3) is 0.481. The first-order valence-electron chi connectivity index (χ1n) is 13.4. The van der Waals surface area contributed by atoms with Crippen LogP contribution in [0.25, 0.3) is 10.9 Å². The van der Waals surface area contributed by atoms with Gasteiger partial charge in [0.2, 0.25) is 11.5 Å². The van der Waals surface area contributed by atoms with E-state index in [1.165, 1.54) is 21.9 Å². The maximum absolute atomic E-state index is 13.9. The molecule has 1 saturated heterocycles. The number of aliphatic carboxylic acids is 2. The van der Waals surface area contributed by atoms with Crippen LogP contribution in [0, 0.1) is 0 Å². The number of carboxylic acid groups (broad SMARTS) is 2. The number of primary amides is 1. The first-order chi connectivity index (χ1) is 19.9. The Hall–Kier alpha value is -3.84. The molecule has 1 aliphatic carbocycles. The number of ether oxygens (including phenoxy) is 2. The quantitative estimate of drug-likeness (QED) is 0.353. The summed E-state index contributed by atoms with van der Waals surface area (Å²) in [6.45, 7) is 2.46. The minimum atomic E-state index is -1.65. The Kier molecular flexibility index (Phi) is 9.31. The standard InChI is InChI=1S/C27H30Cl2N4O9/c1-2-41-26(40)33-10-8-32(9-11-33)24(37)14(4-5-19(34)35)21-20(23(30)36)22(42-27(25(38)39)6-3-7-27)15-12-16(28)17(29)13-18(15)31-21/h12-14H,2-11H2,1H3,(H2,30,36)(H,34,35)(H,38,39). The molecule has 13 nitrogen and oxygen atoms in total. The first kappa shape index (κ1) is 31.1. The summed E-state index contributed by atoms with van der Waals surface area (Å²) in [6.07, 6.45) is -0.331. The zero-order valence-electron chi connectivity index (χ0n) is 22.7. The van der Waals surface area contributed by atoms with Crippen LogP contribution in [-0.2, 0) is 19.1 Å². The summed E-state index contributed by atoms with van der Waals surface area (Å²) in [5.41, 5.74) is 3.80. The number of nitrogens with two attached hydrogens (primary N) is 1. The highest BCUT2D eigenvalue weighted by molar-refractivity contribution is 6.42. The van der Waals surface area contributed by atoms with Crippen molar-refractivity contribution in [3.8, 4) is 5.75 Å². The molecule has 4 N–H and O–H groups in total. The number of carbonyl (C=O) groups is 5. The third-order valence-electron chi connectivity index (χ3n) is 7.49. The lowest BCUT2D eigenvalue weighted by Gasteiger charge is -2.39. The van der Waals surface area contributed by atoms with Gasteiger partial charge in [0.15, 0.2) is 0 Å². The van der Waals surface area contributed by atoms with Crippen LogP contribution in [0.2, 0.25) is 10.0 Å². The molecule has 2 heterocycles. The van der Waals surface area contributed by atoms with Crippen LogP contribution in [0.15, 0.2) is 12.1 Å². The molecule has 2 aromatic rings. The average molecular weight is 625 g/mol. The van der Waals surface area contributed by atoms with Gasteiger partial charge in [0.1, 0.15) is 11.3 Å². The minimum Gasteiger partial charge on any atom is -0.481 e. The van der Waals surface area contributed by atoms with Crippen molar-refractivity contribution < 1.29 is 43.7 Å². The highest BCUT2D eigenvalue weighted by Crippen LogP contribution is 2.44. The number of amides is 3. The van der Waals surface area contributed by atoms with Crippen LogP contribution in [0.5, 0.6) is 5.75 Å². The van der Waals surface area contributed by atoms with Crippen molar-refractivity contribution in [1.82, 2.24) is 14.8 Å². The molecule has 1 unspecified atom stereocenters. The van der Waals surface area contributed by atoms with Crippen molar-refractivity contribution in [3.05, 3.63) is 33.4 Å². The van der Waals surface area contributed by atoms with Gasteiger partial charge < -0.3 is 35.2 Å². The minimum absolute atomic E-state index is 0.0787. The fourth-order valence-corrected chi connectivity index (χ4v) is 5.41. The van der Waals surface area contributed by atoms with Gasteiger partial charge in [-0.25, -0.2) is 9.59 Å². The number of benzene rings is 1. The molecular weight excluding hydrogens is 595 g/mol. The van der Waals surface area contributed by atoms with E-state index in [1.54, 1.807) is 6.92 Å². The van der Waals surface area contributed by atoms with Crippen LogP contribution < -0.4 is 10.5 Å². The Morgan fingerprint density at radius 2 is 1.67 bits per heavy atom. The maximum atomic E-state index is 13.9. The molecule has 2 fully saturated rings. The summed E-state index contributed by atoms with van der Waals surface area (Å²) in [4.78, 5) is 70.3. The van der Waals surface area contributed by atoms with Gasteiger partial charge in [-0.05, 0) is 44.7 Å². The summed E-state index contributed by atoms with van der Waals surface area (Å²) in [7, 11) is 0. The molecular formula is C27H30Cl2N4O9. The summed E-state index contributed by atoms with van der Waals surface area (Å²) >= 11 is 12.5. The second-order valence-electron chi connectivity index (χ2n) is 10.1. The Morgan fingerprint density at radius 1 is 1.05 bits per heavy atom. The lowest BCUT2D eigenvalue weighted by Crippen LogP contribution is -2.52. The number of fused-ring (bicyclic) bond motifs is 1. The van der Waals surface area contributed by atoms with E-state index in [4.69, 9.17) is 38.4 Å². The number of piperazine rings is 1. The van der Waals surface area contributed by atoms with E-state index in [1.807, 2.05) is 0 Å². The maximum Gasteiger partial charge on any atom is 0.409 e. The van der Waals surface area contributed by atoms with Gasteiger partial charge in [-0.3, -0.25) is 19.4 Å². The number of halogens is 2. The van der Waals surface area contributed by atoms with E-state index in [0.29, 0.717) is 6.42 Å². The number of nitrogens with zero attached hydrogens (tertiary/aromatic N) is 3. The number of carboxylic acids is 2. The molecule has 1 atom stereocenters. The topological polar surface area (TPSA) is 190 Å². The van der Waals surface area contributed by atoms with Crippen molar-refractivity contribution in [2.75, 3.05) is 32.8 Å². The SMILES string of the molecule is CCOC(=O)N1CCN(C(=O)C(CCC(=O)O)c2nc3cc(Cl)c(Cl)cc3c(OC3(C(=O)O)CCC3)c2C(N)=O)CC1. The van der Waals surface area contributed by atoms with Crippen LogP contribution in [0.4, 0.5) is 4.79 Å². The summed E-state index contributed by atoms with van der Waals surface area (Å²) in [5.74, 6) is -5.53. The summed E-state index contributed by atoms with van der Waals surface area (Å²) in [5, 5.41) is 19.7. The lowest BCUT2D eigenvalue weighted by atomic mass is 9.80. The molecule has 1 aromatic heterocycles. The zero-order chi connectivity index (χ0) is 30.8. The second kappa shape index (κ2) is 12.6. The second-order valence-corrected chi connectivity index (χ2v) is 10.9. The zero-order valence-corrected chi connectivity index (χ0v) is 24.2. The Bertz CT molecular complexity index is 1440. The monoisotopic (exact) mass is 624 g/mol. The predicted molar refractivity (Wildman–Crippen MR) is 150 cm³/mol. The van der Waals surface area contributed by atoms with E-state index in [2.05, 4.69) is 4.98 Å². The van der Waals surface area contributed by atoms with E-state index in [0.717, 1.165) is 0 Å². The molecule has 15 heteroatoms. The van der Waals surface area contributed by atoms with Crippen molar-refractivity contribution in [3.63, 3.8) is 0 Å². The van der Waals surface area contributed by atoms with Crippen molar-refractivity contribution in [2.45, 2.75) is 50.5 Å². The number of hydrogen-bond donors (Lipinski definition) is 3. The van der Waals surface area contributed by atoms with Gasteiger partial charge in [0.25, 0.3) is 5.91 Å². The normalized spacial score (nSPS) is 16.8. The molecule has 2 aliphatic rings. The van der Waals surface area contributed by atoms with Crippen LogP contribution in [0.1, 0.15) is 61.0 Å². The molecule has 3 amide bonds. The molecule has 1 saturated carbocycles. The molecule has 1 aromatic carbocycles. The van der Waals surface area contributed by atoms with E-state index < -0.39 is 47.8 Å². The van der Waals surface area contributed by atoms with Crippen LogP contribution >= 0.6 is 23.2 Å². The summed E-state index contributed by atoms with van der Waals surface area (Å²) < 4.78 is 11.1. The van der Waals surface area contributed by atoms with Crippen molar-refractivity contribution >= 4 is 64.0 Å². The Labute approximate surface area is 250 Å². The van der Waals surface area contributed by atoms with E-state index in [9.17, 15) is 34.2 Å². The highest BCUT2D eigenvalue weighted by atomic mass is 35.5. The molecule has 0 bridgehead atoms. The average Bonchev–Trinajstić information content (AvgIpc) is 2.91. The Balaban J connectivity index is 1.84. The number of pyridine rings is 1. The van der Waals surface area contributed by atoms with Gasteiger partial charge in [-0.15, -0.1) is 0 Å². The van der Waals surface area contributed by atoms with Crippen molar-refractivity contribution in [1.29, 1.82) is 0 Å². The molecule has 42 heavy (non-hydrogen) atoms. The number of aromatic nitrogens is 1. The van der Waals surface area contributed by atoms with Gasteiger partial charge in [0.05, 0.1) is 33.8 Å². The van der Waals surface area contributed by atoms with Crippen LogP contribution in [0.3, 0.4) is 0 Å². The van der Waals surface area contributed by atoms with Gasteiger partial charge >= 0.3 is 18.0 Å². The third-order valence-corrected chi connectivity index (χ3v) is 8.22. The smallest absolute Gasteiger partial charge is 0.409 e. The highest BCUT2D eigenvalue weighted by Gasteiger charge is 2.48. The van der Waals surface area contributed by atoms with Gasteiger partial charge in [0, 0.05) is 38.0 Å². The number of carbonyl (C=O) groups excluding carboxylic acids is 3. The Morgan fingerprint density at radius 3 is 2.19 bits per heavy atom. The number of hydrogen-bond acceptors (Lipinski definition) is 8. The number of rotatable bonds is 10. The van der Waals surface area contributed by atoms with Crippen LogP contribution in [-0.4, -0.2) is 93.2 Å². The molecule has 226 valence electrons. The van der Waals surface area contributed by atoms with E-state index in [-0.39, 0.29) is 90.0 Å². The molecule has 4 rings (SSSR count). The van der Waals surface area contributed by atoms with Gasteiger partial charge in [-0.1, -0.05) is 23.2 Å². The molecule has 0 spiro atoms. The van der Waals surface area contributed by atoms with E-state index >= 15 is 0 Å². The van der Waals surface area contributed by atoms with Crippen molar-refractivity contribution in [2.24, 2.45) is 5.73 Å². The fourth-order valence-electron chi connectivity index (χ4n) is 5.09.